The predicted octanol–water partition coefficient (Wildman–Crippen LogP) is 5.47. The van der Waals surface area contributed by atoms with Gasteiger partial charge in [-0.3, -0.25) is 0 Å². The number of aliphatic imine (C=N–C) groups is 1. The van der Waals surface area contributed by atoms with Gasteiger partial charge in [0.05, 0.1) is 66.1 Å². The summed E-state index contributed by atoms with van der Waals surface area (Å²) in [6.07, 6.45) is 21.2. The maximum absolute atomic E-state index is 8.80. The molecule has 1 rings (SSSR count). The Balaban J connectivity index is 2.15. The average molecular weight is 546 g/mol. The van der Waals surface area contributed by atoms with Gasteiger partial charge in [-0.25, -0.2) is 4.99 Å². The molecule has 0 bridgehead atoms. The molecule has 1 aliphatic rings. The van der Waals surface area contributed by atoms with Gasteiger partial charge in [0.15, 0.2) is 5.90 Å². The van der Waals surface area contributed by atoms with Gasteiger partial charge in [-0.2, -0.15) is 0 Å². The molecule has 8 nitrogen and oxygen atoms in total. The molecular weight excluding hydrogens is 486 g/mol. The first-order valence-corrected chi connectivity index (χ1v) is 15.5. The summed E-state index contributed by atoms with van der Waals surface area (Å²) >= 11 is 0. The fraction of sp³-hybridized carbons (Fsp3) is 0.967. The van der Waals surface area contributed by atoms with Crippen molar-refractivity contribution in [3.05, 3.63) is 0 Å². The zero-order valence-corrected chi connectivity index (χ0v) is 24.5. The molecule has 0 saturated carbocycles. The fourth-order valence-electron chi connectivity index (χ4n) is 4.61. The van der Waals surface area contributed by atoms with Gasteiger partial charge in [0.25, 0.3) is 0 Å². The lowest BCUT2D eigenvalue weighted by molar-refractivity contribution is -0.0235. The lowest BCUT2D eigenvalue weighted by Crippen LogP contribution is -2.40. The van der Waals surface area contributed by atoms with E-state index >= 15 is 0 Å². The molecule has 0 aliphatic carbocycles. The SMILES string of the molecule is CCCCCCCCCCCCCCCCCC1=NC(COCCOCCO)(COCCOCCO)CO1. The van der Waals surface area contributed by atoms with Crippen molar-refractivity contribution in [2.75, 3.05) is 72.7 Å². The highest BCUT2D eigenvalue weighted by molar-refractivity contribution is 5.78. The van der Waals surface area contributed by atoms with Crippen LogP contribution in [0.2, 0.25) is 0 Å². The molecule has 0 fully saturated rings. The van der Waals surface area contributed by atoms with Crippen LogP contribution in [0.1, 0.15) is 110 Å². The molecule has 2 N–H and O–H groups in total. The lowest BCUT2D eigenvalue weighted by Gasteiger charge is -2.23. The zero-order chi connectivity index (χ0) is 27.4. The largest absolute Gasteiger partial charge is 0.478 e. The van der Waals surface area contributed by atoms with Crippen molar-refractivity contribution in [2.45, 2.75) is 115 Å². The normalized spacial score (nSPS) is 14.7. The van der Waals surface area contributed by atoms with Gasteiger partial charge in [-0.15, -0.1) is 0 Å². The monoisotopic (exact) mass is 545 g/mol. The Hall–Kier alpha value is -0.770. The second-order valence-electron chi connectivity index (χ2n) is 10.5. The van der Waals surface area contributed by atoms with Crippen LogP contribution in [0.15, 0.2) is 4.99 Å². The van der Waals surface area contributed by atoms with E-state index in [2.05, 4.69) is 6.92 Å². The summed E-state index contributed by atoms with van der Waals surface area (Å²) in [7, 11) is 0. The molecule has 1 heterocycles. The maximum Gasteiger partial charge on any atom is 0.184 e. The molecule has 1 aliphatic heterocycles. The summed E-state index contributed by atoms with van der Waals surface area (Å²) in [6, 6.07) is 0. The highest BCUT2D eigenvalue weighted by Gasteiger charge is 2.37. The van der Waals surface area contributed by atoms with Crippen molar-refractivity contribution in [3.8, 4) is 0 Å². The van der Waals surface area contributed by atoms with Crippen molar-refractivity contribution >= 4 is 5.90 Å². The van der Waals surface area contributed by atoms with E-state index in [1.807, 2.05) is 0 Å². The van der Waals surface area contributed by atoms with E-state index in [1.165, 1.54) is 89.9 Å². The number of ether oxygens (including phenoxy) is 5. The van der Waals surface area contributed by atoms with Crippen LogP contribution in [-0.2, 0) is 23.7 Å². The van der Waals surface area contributed by atoms with Gasteiger partial charge >= 0.3 is 0 Å². The Kier molecular flexibility index (Phi) is 24.5. The molecule has 0 aromatic rings. The Morgan fingerprint density at radius 1 is 0.605 bits per heavy atom. The third-order valence-corrected chi connectivity index (χ3v) is 6.82. The van der Waals surface area contributed by atoms with Crippen molar-refractivity contribution < 1.29 is 33.9 Å². The quantitative estimate of drug-likeness (QED) is 0.116. The molecule has 0 radical (unpaired) electrons. The number of nitrogens with zero attached hydrogens (tertiary/aromatic N) is 1. The van der Waals surface area contributed by atoms with Crippen LogP contribution in [0, 0.1) is 0 Å². The van der Waals surface area contributed by atoms with Crippen LogP contribution in [0.5, 0.6) is 0 Å². The molecule has 226 valence electrons. The van der Waals surface area contributed by atoms with E-state index < -0.39 is 5.54 Å². The summed E-state index contributed by atoms with van der Waals surface area (Å²) in [5, 5.41) is 17.6. The number of hydrogen-bond acceptors (Lipinski definition) is 8. The standard InChI is InChI=1S/C30H59NO7/c1-2-3-4-5-6-7-8-9-10-11-12-13-14-15-16-17-29-31-30(28-38-29,26-36-24-22-34-20-18-32)27-37-25-23-35-21-19-33/h32-33H,2-28H2,1H3. The van der Waals surface area contributed by atoms with Crippen molar-refractivity contribution in [1.29, 1.82) is 0 Å². The number of aliphatic hydroxyl groups is 2. The highest BCUT2D eigenvalue weighted by Crippen LogP contribution is 2.23. The van der Waals surface area contributed by atoms with Gasteiger partial charge in [0.2, 0.25) is 0 Å². The average Bonchev–Trinajstić information content (AvgIpc) is 3.33. The second-order valence-corrected chi connectivity index (χ2v) is 10.5. The first-order valence-electron chi connectivity index (χ1n) is 15.5. The minimum Gasteiger partial charge on any atom is -0.478 e. The van der Waals surface area contributed by atoms with Crippen LogP contribution >= 0.6 is 0 Å². The number of rotatable bonds is 30. The summed E-state index contributed by atoms with van der Waals surface area (Å²) in [5.41, 5.74) is -0.543. The summed E-state index contributed by atoms with van der Waals surface area (Å²) in [5.74, 6) is 0.806. The highest BCUT2D eigenvalue weighted by atomic mass is 16.5. The van der Waals surface area contributed by atoms with E-state index in [0.29, 0.717) is 59.5 Å². The van der Waals surface area contributed by atoms with Crippen LogP contribution in [0.4, 0.5) is 0 Å². The molecule has 0 spiro atoms. The van der Waals surface area contributed by atoms with Gasteiger partial charge in [-0.1, -0.05) is 96.8 Å². The van der Waals surface area contributed by atoms with Crippen LogP contribution in [0.3, 0.4) is 0 Å². The molecule has 0 aromatic carbocycles. The Morgan fingerprint density at radius 3 is 1.47 bits per heavy atom. The Morgan fingerprint density at radius 2 is 1.03 bits per heavy atom. The summed E-state index contributed by atoms with van der Waals surface area (Å²) in [6.45, 7) is 5.92. The van der Waals surface area contributed by atoms with Crippen LogP contribution in [0.25, 0.3) is 0 Å². The van der Waals surface area contributed by atoms with Gasteiger partial charge in [0.1, 0.15) is 12.1 Å². The fourth-order valence-corrected chi connectivity index (χ4v) is 4.61. The van der Waals surface area contributed by atoms with Gasteiger partial charge in [-0.05, 0) is 6.42 Å². The van der Waals surface area contributed by atoms with E-state index in [-0.39, 0.29) is 13.2 Å². The third kappa shape index (κ3) is 20.2. The Bertz CT molecular complexity index is 517. The molecule has 0 amide bonds. The minimum absolute atomic E-state index is 0.0108. The van der Waals surface area contributed by atoms with E-state index in [4.69, 9.17) is 38.9 Å². The second kappa shape index (κ2) is 26.5. The first kappa shape index (κ1) is 35.3. The molecule has 0 aromatic heterocycles. The van der Waals surface area contributed by atoms with Crippen LogP contribution in [-0.4, -0.2) is 94.3 Å². The predicted molar refractivity (Wildman–Crippen MR) is 153 cm³/mol. The molecular formula is C30H59NO7. The maximum atomic E-state index is 8.80. The molecule has 0 saturated heterocycles. The molecule has 0 unspecified atom stereocenters. The zero-order valence-electron chi connectivity index (χ0n) is 24.5. The number of hydrogen-bond donors (Lipinski definition) is 2. The van der Waals surface area contributed by atoms with E-state index in [1.54, 1.807) is 0 Å². The number of aliphatic hydroxyl groups excluding tert-OH is 2. The summed E-state index contributed by atoms with van der Waals surface area (Å²) in [4.78, 5) is 4.87. The van der Waals surface area contributed by atoms with Crippen molar-refractivity contribution in [1.82, 2.24) is 0 Å². The van der Waals surface area contributed by atoms with Crippen LogP contribution < -0.4 is 0 Å². The van der Waals surface area contributed by atoms with Gasteiger partial charge < -0.3 is 33.9 Å². The minimum atomic E-state index is -0.543. The molecule has 8 heteroatoms. The first-order chi connectivity index (χ1) is 18.8. The van der Waals surface area contributed by atoms with Crippen molar-refractivity contribution in [3.63, 3.8) is 0 Å². The van der Waals surface area contributed by atoms with Gasteiger partial charge in [0, 0.05) is 6.42 Å². The molecule has 38 heavy (non-hydrogen) atoms. The lowest BCUT2D eigenvalue weighted by atomic mass is 10.0. The number of unbranched alkanes of at least 4 members (excludes halogenated alkanes) is 14. The smallest absolute Gasteiger partial charge is 0.184 e. The third-order valence-electron chi connectivity index (χ3n) is 6.82. The topological polar surface area (TPSA) is 99.0 Å². The van der Waals surface area contributed by atoms with Crippen molar-refractivity contribution in [2.24, 2.45) is 4.99 Å². The van der Waals surface area contributed by atoms with E-state index in [0.717, 1.165) is 18.7 Å². The Labute approximate surface area is 232 Å². The molecule has 0 atom stereocenters. The summed E-state index contributed by atoms with van der Waals surface area (Å²) < 4.78 is 28.1. The van der Waals surface area contributed by atoms with E-state index in [9.17, 15) is 0 Å².